The molecule has 2 radical (unpaired) electrons. The van der Waals surface area contributed by atoms with Gasteiger partial charge in [-0.3, -0.25) is 0 Å². The minimum Gasteiger partial charge on any atom is -0.0625 e. The highest BCUT2D eigenvalue weighted by molar-refractivity contribution is 4.95. The maximum absolute atomic E-state index is 2.41. The average molecular weight is 220 g/mol. The van der Waals surface area contributed by atoms with Gasteiger partial charge in [0.05, 0.1) is 0 Å². The Morgan fingerprint density at radius 3 is 2.19 bits per heavy atom. The van der Waals surface area contributed by atoms with Crippen molar-refractivity contribution in [3.8, 4) is 0 Å². The standard InChI is InChI=1S/C16H28/c1-13-3-7-15(8-4-13)11-12-16-9-5-14(2)6-10-16/h13,16H,3-12H2,1-2H3. The van der Waals surface area contributed by atoms with E-state index in [1.807, 2.05) is 5.92 Å². The van der Waals surface area contributed by atoms with E-state index in [2.05, 4.69) is 13.8 Å². The van der Waals surface area contributed by atoms with Gasteiger partial charge in [-0.1, -0.05) is 26.7 Å². The second kappa shape index (κ2) is 6.07. The second-order valence-electron chi connectivity index (χ2n) is 6.37. The molecule has 0 heteroatoms. The Labute approximate surface area is 102 Å². The van der Waals surface area contributed by atoms with Crippen LogP contribution in [0.1, 0.15) is 78.1 Å². The van der Waals surface area contributed by atoms with E-state index >= 15 is 0 Å². The summed E-state index contributed by atoms with van der Waals surface area (Å²) in [5.74, 6) is 5.69. The first-order valence-corrected chi connectivity index (χ1v) is 7.39. The van der Waals surface area contributed by atoms with E-state index in [-0.39, 0.29) is 0 Å². The molecule has 0 N–H and O–H groups in total. The zero-order valence-electron chi connectivity index (χ0n) is 11.2. The summed E-state index contributed by atoms with van der Waals surface area (Å²) in [6.45, 7) is 4.75. The van der Waals surface area contributed by atoms with Crippen LogP contribution in [0.3, 0.4) is 0 Å². The lowest BCUT2D eigenvalue weighted by Crippen LogP contribution is -2.14. The predicted molar refractivity (Wildman–Crippen MR) is 71.0 cm³/mol. The van der Waals surface area contributed by atoms with E-state index in [0.29, 0.717) is 0 Å². The Hall–Kier alpha value is 0. The quantitative estimate of drug-likeness (QED) is 0.602. The summed E-state index contributed by atoms with van der Waals surface area (Å²) in [5, 5.41) is 0. The van der Waals surface area contributed by atoms with Crippen molar-refractivity contribution in [2.24, 2.45) is 11.8 Å². The molecule has 16 heavy (non-hydrogen) atoms. The van der Waals surface area contributed by atoms with Gasteiger partial charge in [-0.15, -0.1) is 0 Å². The summed E-state index contributed by atoms with van der Waals surface area (Å²) >= 11 is 0. The molecule has 0 saturated heterocycles. The van der Waals surface area contributed by atoms with Crippen molar-refractivity contribution in [2.45, 2.75) is 78.1 Å². The van der Waals surface area contributed by atoms with Crippen LogP contribution in [0.2, 0.25) is 0 Å². The molecule has 0 spiro atoms. The highest BCUT2D eigenvalue weighted by Gasteiger charge is 2.22. The second-order valence-corrected chi connectivity index (χ2v) is 6.37. The van der Waals surface area contributed by atoms with Gasteiger partial charge in [0.15, 0.2) is 0 Å². The van der Waals surface area contributed by atoms with Gasteiger partial charge < -0.3 is 0 Å². The summed E-state index contributed by atoms with van der Waals surface area (Å²) in [4.78, 5) is 0. The molecule has 2 aliphatic rings. The van der Waals surface area contributed by atoms with Crippen LogP contribution in [0.5, 0.6) is 0 Å². The molecule has 0 aromatic rings. The van der Waals surface area contributed by atoms with Crippen molar-refractivity contribution >= 4 is 0 Å². The van der Waals surface area contributed by atoms with Crippen LogP contribution in [0.15, 0.2) is 0 Å². The molecule has 2 fully saturated rings. The van der Waals surface area contributed by atoms with Gasteiger partial charge in [0.25, 0.3) is 0 Å². The molecule has 0 heterocycles. The molecular weight excluding hydrogens is 192 g/mol. The van der Waals surface area contributed by atoms with Crippen molar-refractivity contribution in [3.63, 3.8) is 0 Å². The summed E-state index contributed by atoms with van der Waals surface area (Å²) in [6.07, 6.45) is 14.6. The molecular formula is C16H28. The third kappa shape index (κ3) is 3.79. The molecule has 0 unspecified atom stereocenters. The first-order valence-electron chi connectivity index (χ1n) is 7.39. The molecule has 2 saturated carbocycles. The maximum Gasteiger partial charge on any atom is -0.0241 e. The minimum atomic E-state index is 0.996. The molecule has 0 amide bonds. The number of hydrogen-bond donors (Lipinski definition) is 0. The zero-order valence-corrected chi connectivity index (χ0v) is 11.2. The molecule has 0 aromatic carbocycles. The van der Waals surface area contributed by atoms with Gasteiger partial charge in [0.1, 0.15) is 0 Å². The van der Waals surface area contributed by atoms with Gasteiger partial charge in [-0.25, -0.2) is 0 Å². The number of rotatable bonds is 3. The minimum absolute atomic E-state index is 0.996. The van der Waals surface area contributed by atoms with Crippen LogP contribution in [0.4, 0.5) is 0 Å². The van der Waals surface area contributed by atoms with E-state index in [0.717, 1.165) is 11.8 Å². The average Bonchev–Trinajstić information content (AvgIpc) is 2.30. The van der Waals surface area contributed by atoms with E-state index in [4.69, 9.17) is 0 Å². The Kier molecular flexibility index (Phi) is 4.73. The van der Waals surface area contributed by atoms with Crippen LogP contribution in [-0.2, 0) is 0 Å². The monoisotopic (exact) mass is 220 g/mol. The van der Waals surface area contributed by atoms with E-state index in [1.165, 1.54) is 64.2 Å². The van der Waals surface area contributed by atoms with E-state index in [1.54, 1.807) is 5.92 Å². The van der Waals surface area contributed by atoms with Crippen molar-refractivity contribution in [2.75, 3.05) is 0 Å². The van der Waals surface area contributed by atoms with Crippen LogP contribution in [-0.4, -0.2) is 0 Å². The van der Waals surface area contributed by atoms with Crippen LogP contribution >= 0.6 is 0 Å². The lowest BCUT2D eigenvalue weighted by atomic mass is 9.76. The highest BCUT2D eigenvalue weighted by Crippen LogP contribution is 2.37. The van der Waals surface area contributed by atoms with Crippen molar-refractivity contribution in [1.82, 2.24) is 0 Å². The smallest absolute Gasteiger partial charge is 0.0241 e. The lowest BCUT2D eigenvalue weighted by molar-refractivity contribution is 0.330. The molecule has 0 nitrogen and oxygen atoms in total. The molecule has 92 valence electrons. The van der Waals surface area contributed by atoms with Crippen LogP contribution < -0.4 is 0 Å². The van der Waals surface area contributed by atoms with Crippen LogP contribution in [0, 0.1) is 23.7 Å². The fourth-order valence-corrected chi connectivity index (χ4v) is 3.29. The van der Waals surface area contributed by atoms with Crippen molar-refractivity contribution in [1.29, 1.82) is 0 Å². The fraction of sp³-hybridized carbons (Fsp3) is 0.875. The predicted octanol–water partition coefficient (Wildman–Crippen LogP) is 5.34. The van der Waals surface area contributed by atoms with E-state index < -0.39 is 0 Å². The van der Waals surface area contributed by atoms with Gasteiger partial charge in [-0.05, 0) is 75.0 Å². The first kappa shape index (κ1) is 12.5. The summed E-state index contributed by atoms with van der Waals surface area (Å²) in [6, 6.07) is 0. The third-order valence-electron chi connectivity index (χ3n) is 4.85. The van der Waals surface area contributed by atoms with Crippen molar-refractivity contribution < 1.29 is 0 Å². The maximum atomic E-state index is 2.41. The molecule has 2 rings (SSSR count). The zero-order chi connectivity index (χ0) is 11.4. The Bertz CT molecular complexity index is 158. The third-order valence-corrected chi connectivity index (χ3v) is 4.85. The van der Waals surface area contributed by atoms with Gasteiger partial charge in [-0.2, -0.15) is 0 Å². The molecule has 2 aliphatic carbocycles. The fourth-order valence-electron chi connectivity index (χ4n) is 3.29. The van der Waals surface area contributed by atoms with Crippen LogP contribution in [0.25, 0.3) is 0 Å². The Balaban J connectivity index is 1.60. The largest absolute Gasteiger partial charge is 0.0625 e. The SMILES string of the molecule is C[C]1CCC(CC[C]2CCC(C)CC2)CC1. The molecule has 0 bridgehead atoms. The van der Waals surface area contributed by atoms with Gasteiger partial charge in [0.2, 0.25) is 0 Å². The Morgan fingerprint density at radius 2 is 1.56 bits per heavy atom. The summed E-state index contributed by atoms with van der Waals surface area (Å²) in [5.41, 5.74) is 0. The van der Waals surface area contributed by atoms with Crippen molar-refractivity contribution in [3.05, 3.63) is 11.8 Å². The normalized spacial score (nSPS) is 27.4. The molecule has 0 aliphatic heterocycles. The number of hydrogen-bond acceptors (Lipinski definition) is 0. The molecule has 0 atom stereocenters. The first-order chi connectivity index (χ1) is 7.74. The van der Waals surface area contributed by atoms with E-state index in [9.17, 15) is 0 Å². The topological polar surface area (TPSA) is 0 Å². The van der Waals surface area contributed by atoms with Gasteiger partial charge >= 0.3 is 0 Å². The highest BCUT2D eigenvalue weighted by atomic mass is 14.3. The Morgan fingerprint density at radius 1 is 0.938 bits per heavy atom. The summed E-state index contributed by atoms with van der Waals surface area (Å²) < 4.78 is 0. The summed E-state index contributed by atoms with van der Waals surface area (Å²) in [7, 11) is 0. The van der Waals surface area contributed by atoms with Gasteiger partial charge in [0, 0.05) is 0 Å². The molecule has 0 aromatic heterocycles. The lowest BCUT2D eigenvalue weighted by Gasteiger charge is -2.29.